The van der Waals surface area contributed by atoms with Gasteiger partial charge in [0.1, 0.15) is 0 Å². The van der Waals surface area contributed by atoms with E-state index in [1.165, 1.54) is 0 Å². The molecule has 0 unspecified atom stereocenters. The molecule has 2 N–H and O–H groups in total. The van der Waals surface area contributed by atoms with E-state index in [0.29, 0.717) is 30.1 Å². The first-order valence-electron chi connectivity index (χ1n) is 11.5. The summed E-state index contributed by atoms with van der Waals surface area (Å²) >= 11 is 0. The van der Waals surface area contributed by atoms with E-state index in [1.807, 2.05) is 32.0 Å². The Balaban J connectivity index is 2.17. The topological polar surface area (TPSA) is 64.7 Å². The number of nitrogens with one attached hydrogen (secondary N) is 2. The molecule has 0 radical (unpaired) electrons. The highest BCUT2D eigenvalue weighted by Gasteiger charge is 2.22. The SMILES string of the molecule is CCN(CC)CCNC(=O)c1cc(NC(=O)CC(C)C)ccc1N1CCC(C)CC1. The molecule has 30 heavy (non-hydrogen) atoms. The van der Waals surface area contributed by atoms with Gasteiger partial charge in [0.05, 0.1) is 5.56 Å². The summed E-state index contributed by atoms with van der Waals surface area (Å²) in [4.78, 5) is 29.9. The molecule has 0 aliphatic carbocycles. The summed E-state index contributed by atoms with van der Waals surface area (Å²) in [6.45, 7) is 15.9. The molecule has 1 aromatic rings. The zero-order chi connectivity index (χ0) is 22.1. The standard InChI is InChI=1S/C24H40N4O2/c1-6-27(7-2)15-12-25-24(30)21-17-20(26-23(29)16-18(3)4)8-9-22(21)28-13-10-19(5)11-14-28/h8-9,17-19H,6-7,10-16H2,1-5H3,(H,25,30)(H,26,29). The maximum atomic E-state index is 13.1. The van der Waals surface area contributed by atoms with Crippen molar-refractivity contribution >= 4 is 23.2 Å². The second kappa shape index (κ2) is 11.9. The van der Waals surface area contributed by atoms with E-state index in [9.17, 15) is 9.59 Å². The van der Waals surface area contributed by atoms with Gasteiger partial charge >= 0.3 is 0 Å². The van der Waals surface area contributed by atoms with Crippen LogP contribution in [0.4, 0.5) is 11.4 Å². The van der Waals surface area contributed by atoms with Gasteiger partial charge in [-0.2, -0.15) is 0 Å². The number of hydrogen-bond acceptors (Lipinski definition) is 4. The second-order valence-electron chi connectivity index (χ2n) is 8.83. The lowest BCUT2D eigenvalue weighted by Gasteiger charge is -2.33. The highest BCUT2D eigenvalue weighted by molar-refractivity contribution is 6.02. The summed E-state index contributed by atoms with van der Waals surface area (Å²) in [5.74, 6) is 0.929. The third-order valence-electron chi connectivity index (χ3n) is 5.85. The van der Waals surface area contributed by atoms with Crippen molar-refractivity contribution < 1.29 is 9.59 Å². The van der Waals surface area contributed by atoms with Gasteiger partial charge in [0.15, 0.2) is 0 Å². The first-order chi connectivity index (χ1) is 14.3. The molecule has 0 atom stereocenters. The summed E-state index contributed by atoms with van der Waals surface area (Å²) < 4.78 is 0. The first kappa shape index (κ1) is 24.2. The molecule has 0 aromatic heterocycles. The summed E-state index contributed by atoms with van der Waals surface area (Å²) in [5, 5.41) is 6.03. The van der Waals surface area contributed by atoms with Gasteiger partial charge in [0.2, 0.25) is 5.91 Å². The van der Waals surface area contributed by atoms with Gasteiger partial charge in [-0.25, -0.2) is 0 Å². The molecule has 2 amide bonds. The van der Waals surface area contributed by atoms with Crippen molar-refractivity contribution in [1.29, 1.82) is 0 Å². The normalized spacial score (nSPS) is 15.0. The Morgan fingerprint density at radius 2 is 1.83 bits per heavy atom. The number of piperidine rings is 1. The fourth-order valence-corrected chi connectivity index (χ4v) is 3.87. The summed E-state index contributed by atoms with van der Waals surface area (Å²) in [6, 6.07) is 5.73. The lowest BCUT2D eigenvalue weighted by Crippen LogP contribution is -2.37. The van der Waals surface area contributed by atoms with Crippen LogP contribution in [0.5, 0.6) is 0 Å². The second-order valence-corrected chi connectivity index (χ2v) is 8.83. The third kappa shape index (κ3) is 7.31. The molecule has 1 saturated heterocycles. The number of nitrogens with zero attached hydrogens (tertiary/aromatic N) is 2. The van der Waals surface area contributed by atoms with Crippen molar-refractivity contribution in [3.05, 3.63) is 23.8 Å². The molecule has 1 aliphatic heterocycles. The van der Waals surface area contributed by atoms with E-state index in [0.717, 1.165) is 57.2 Å². The van der Waals surface area contributed by atoms with E-state index < -0.39 is 0 Å². The average molecular weight is 417 g/mol. The van der Waals surface area contributed by atoms with Crippen molar-refractivity contribution in [2.24, 2.45) is 11.8 Å². The predicted molar refractivity (Wildman–Crippen MR) is 125 cm³/mol. The Kier molecular flexibility index (Phi) is 9.63. The number of hydrogen-bond donors (Lipinski definition) is 2. The van der Waals surface area contributed by atoms with Crippen molar-refractivity contribution in [2.75, 3.05) is 49.5 Å². The highest BCUT2D eigenvalue weighted by atomic mass is 16.2. The van der Waals surface area contributed by atoms with Crippen LogP contribution in [0.2, 0.25) is 0 Å². The molecule has 0 spiro atoms. The van der Waals surface area contributed by atoms with Gasteiger partial charge < -0.3 is 20.4 Å². The predicted octanol–water partition coefficient (Wildman–Crippen LogP) is 3.98. The molecule has 1 fully saturated rings. The fourth-order valence-electron chi connectivity index (χ4n) is 3.87. The van der Waals surface area contributed by atoms with Crippen LogP contribution < -0.4 is 15.5 Å². The minimum Gasteiger partial charge on any atom is -0.371 e. The molecule has 1 aromatic carbocycles. The van der Waals surface area contributed by atoms with E-state index in [-0.39, 0.29) is 11.8 Å². The molecule has 2 rings (SSSR count). The third-order valence-corrected chi connectivity index (χ3v) is 5.85. The van der Waals surface area contributed by atoms with Crippen LogP contribution in [-0.2, 0) is 4.79 Å². The van der Waals surface area contributed by atoms with Crippen LogP contribution in [0.1, 0.15) is 64.2 Å². The van der Waals surface area contributed by atoms with E-state index in [1.54, 1.807) is 0 Å². The molecule has 6 heteroatoms. The zero-order valence-electron chi connectivity index (χ0n) is 19.5. The molecule has 6 nitrogen and oxygen atoms in total. The van der Waals surface area contributed by atoms with Crippen molar-refractivity contribution in [3.63, 3.8) is 0 Å². The number of carbonyl (C=O) groups is 2. The Labute approximate surface area is 182 Å². The van der Waals surface area contributed by atoms with Crippen LogP contribution in [0.3, 0.4) is 0 Å². The van der Waals surface area contributed by atoms with E-state index in [4.69, 9.17) is 0 Å². The summed E-state index contributed by atoms with van der Waals surface area (Å²) in [6.07, 6.45) is 2.74. The maximum absolute atomic E-state index is 13.1. The number of benzene rings is 1. The van der Waals surface area contributed by atoms with Crippen molar-refractivity contribution in [3.8, 4) is 0 Å². The molecule has 0 bridgehead atoms. The largest absolute Gasteiger partial charge is 0.371 e. The average Bonchev–Trinajstić information content (AvgIpc) is 2.71. The van der Waals surface area contributed by atoms with Gasteiger partial charge in [-0.05, 0) is 56.0 Å². The summed E-state index contributed by atoms with van der Waals surface area (Å²) in [7, 11) is 0. The fraction of sp³-hybridized carbons (Fsp3) is 0.667. The van der Waals surface area contributed by atoms with E-state index >= 15 is 0 Å². The number of amides is 2. The Morgan fingerprint density at radius 1 is 1.17 bits per heavy atom. The molecule has 0 saturated carbocycles. The van der Waals surface area contributed by atoms with Crippen LogP contribution in [0.25, 0.3) is 0 Å². The van der Waals surface area contributed by atoms with Crippen LogP contribution in [0.15, 0.2) is 18.2 Å². The van der Waals surface area contributed by atoms with Crippen LogP contribution in [-0.4, -0.2) is 56.0 Å². The smallest absolute Gasteiger partial charge is 0.253 e. The van der Waals surface area contributed by atoms with Gasteiger partial charge in [0.25, 0.3) is 5.91 Å². The molecular formula is C24H40N4O2. The highest BCUT2D eigenvalue weighted by Crippen LogP contribution is 2.29. The van der Waals surface area contributed by atoms with Gasteiger partial charge in [-0.3, -0.25) is 9.59 Å². The minimum absolute atomic E-state index is 0.0163. The number of likely N-dealkylation sites (N-methyl/N-ethyl adjacent to an activating group) is 1. The number of carbonyl (C=O) groups excluding carboxylic acids is 2. The number of anilines is 2. The quantitative estimate of drug-likeness (QED) is 0.606. The number of rotatable bonds is 10. The van der Waals surface area contributed by atoms with Gasteiger partial charge in [0, 0.05) is 44.0 Å². The first-order valence-corrected chi connectivity index (χ1v) is 11.5. The van der Waals surface area contributed by atoms with Gasteiger partial charge in [-0.1, -0.05) is 34.6 Å². The molecule has 168 valence electrons. The Bertz CT molecular complexity index is 692. The molecular weight excluding hydrogens is 376 g/mol. The summed E-state index contributed by atoms with van der Waals surface area (Å²) in [5.41, 5.74) is 2.29. The monoisotopic (exact) mass is 416 g/mol. The Hall–Kier alpha value is -2.08. The Morgan fingerprint density at radius 3 is 2.43 bits per heavy atom. The lowest BCUT2D eigenvalue weighted by molar-refractivity contribution is -0.116. The zero-order valence-corrected chi connectivity index (χ0v) is 19.5. The van der Waals surface area contributed by atoms with Crippen LogP contribution >= 0.6 is 0 Å². The molecule has 1 aliphatic rings. The lowest BCUT2D eigenvalue weighted by atomic mass is 9.97. The maximum Gasteiger partial charge on any atom is 0.253 e. The minimum atomic E-state index is -0.0734. The van der Waals surface area contributed by atoms with Crippen LogP contribution in [0, 0.1) is 11.8 Å². The van der Waals surface area contributed by atoms with Gasteiger partial charge in [-0.15, -0.1) is 0 Å². The van der Waals surface area contributed by atoms with Crippen molar-refractivity contribution in [1.82, 2.24) is 10.2 Å². The van der Waals surface area contributed by atoms with E-state index in [2.05, 4.69) is 41.2 Å². The van der Waals surface area contributed by atoms with Crippen molar-refractivity contribution in [2.45, 2.75) is 53.9 Å². The molecule has 1 heterocycles.